The summed E-state index contributed by atoms with van der Waals surface area (Å²) in [5.74, 6) is -0.932. The van der Waals surface area contributed by atoms with E-state index in [0.29, 0.717) is 19.4 Å². The smallest absolute Gasteiger partial charge is 0.332 e. The van der Waals surface area contributed by atoms with E-state index in [2.05, 4.69) is 5.32 Å². The second-order valence-electron chi connectivity index (χ2n) is 4.55. The van der Waals surface area contributed by atoms with Crippen LogP contribution in [0.2, 0.25) is 0 Å². The molecule has 0 radical (unpaired) electrons. The van der Waals surface area contributed by atoms with Crippen molar-refractivity contribution in [3.63, 3.8) is 0 Å². The molecule has 1 saturated heterocycles. The quantitative estimate of drug-likeness (QED) is 0.761. The first-order chi connectivity index (χ1) is 7.91. The maximum atomic E-state index is 11.6. The molecule has 2 unspecified atom stereocenters. The highest BCUT2D eigenvalue weighted by Crippen LogP contribution is 2.19. The summed E-state index contributed by atoms with van der Waals surface area (Å²) in [6.07, 6.45) is 0.263. The van der Waals surface area contributed by atoms with Crippen LogP contribution in [0.1, 0.15) is 26.7 Å². The van der Waals surface area contributed by atoms with Gasteiger partial charge in [-0.3, -0.25) is 0 Å². The van der Waals surface area contributed by atoms with Gasteiger partial charge in [0, 0.05) is 19.6 Å². The van der Waals surface area contributed by atoms with Crippen LogP contribution < -0.4 is 5.32 Å². The molecule has 17 heavy (non-hydrogen) atoms. The zero-order chi connectivity index (χ0) is 13.0. The molecule has 2 N–H and O–H groups in total. The summed E-state index contributed by atoms with van der Waals surface area (Å²) in [6.45, 7) is 4.21. The van der Waals surface area contributed by atoms with Crippen LogP contribution in [-0.4, -0.2) is 53.8 Å². The molecule has 1 aliphatic rings. The van der Waals surface area contributed by atoms with Gasteiger partial charge in [0.05, 0.1) is 6.10 Å². The Morgan fingerprint density at radius 2 is 2.12 bits per heavy atom. The van der Waals surface area contributed by atoms with Gasteiger partial charge in [-0.2, -0.15) is 0 Å². The maximum absolute atomic E-state index is 11.6. The molecule has 6 heteroatoms. The third kappa shape index (κ3) is 3.89. The molecule has 2 atom stereocenters. The summed E-state index contributed by atoms with van der Waals surface area (Å²) in [7, 11) is 1.72. The van der Waals surface area contributed by atoms with Crippen LogP contribution in [0.4, 0.5) is 4.79 Å². The third-order valence-electron chi connectivity index (χ3n) is 2.96. The van der Waals surface area contributed by atoms with E-state index < -0.39 is 12.1 Å². The Morgan fingerprint density at radius 1 is 1.47 bits per heavy atom. The molecular weight excluding hydrogens is 224 g/mol. The standard InChI is InChI=1S/C11H20N2O4/c1-7(2)13(3)11(16)12-6-8-4-5-9(17-8)10(14)15/h7-9H,4-6H2,1-3H3,(H,12,16)(H,14,15). The van der Waals surface area contributed by atoms with Gasteiger partial charge in [-0.1, -0.05) is 0 Å². The Hall–Kier alpha value is -1.30. The van der Waals surface area contributed by atoms with Crippen molar-refractivity contribution < 1.29 is 19.4 Å². The Morgan fingerprint density at radius 3 is 2.59 bits per heavy atom. The number of nitrogens with zero attached hydrogens (tertiary/aromatic N) is 1. The first-order valence-corrected chi connectivity index (χ1v) is 5.80. The van der Waals surface area contributed by atoms with Crippen molar-refractivity contribution in [1.29, 1.82) is 0 Å². The van der Waals surface area contributed by atoms with E-state index in [-0.39, 0.29) is 18.2 Å². The summed E-state index contributed by atoms with van der Waals surface area (Å²) >= 11 is 0. The minimum Gasteiger partial charge on any atom is -0.479 e. The van der Waals surface area contributed by atoms with Crippen molar-refractivity contribution >= 4 is 12.0 Å². The van der Waals surface area contributed by atoms with E-state index in [9.17, 15) is 9.59 Å². The largest absolute Gasteiger partial charge is 0.479 e. The van der Waals surface area contributed by atoms with Gasteiger partial charge in [0.1, 0.15) is 0 Å². The highest BCUT2D eigenvalue weighted by molar-refractivity contribution is 5.74. The lowest BCUT2D eigenvalue weighted by Crippen LogP contribution is -2.43. The second-order valence-corrected chi connectivity index (χ2v) is 4.55. The molecule has 1 heterocycles. The second kappa shape index (κ2) is 5.86. The Bertz CT molecular complexity index is 293. The van der Waals surface area contributed by atoms with Crippen molar-refractivity contribution in [2.24, 2.45) is 0 Å². The zero-order valence-corrected chi connectivity index (χ0v) is 10.5. The Labute approximate surface area is 101 Å². The van der Waals surface area contributed by atoms with Gasteiger partial charge in [0.15, 0.2) is 6.10 Å². The number of aliphatic carboxylic acids is 1. The molecule has 0 spiro atoms. The lowest BCUT2D eigenvalue weighted by molar-refractivity contribution is -0.149. The predicted molar refractivity (Wildman–Crippen MR) is 61.8 cm³/mol. The number of hydrogen-bond acceptors (Lipinski definition) is 3. The highest BCUT2D eigenvalue weighted by atomic mass is 16.5. The molecule has 1 aliphatic heterocycles. The number of carboxylic acid groups (broad SMARTS) is 1. The number of urea groups is 1. The number of carbonyl (C=O) groups excluding carboxylic acids is 1. The van der Waals surface area contributed by atoms with Gasteiger partial charge in [0.25, 0.3) is 0 Å². The third-order valence-corrected chi connectivity index (χ3v) is 2.96. The van der Waals surface area contributed by atoms with E-state index in [1.807, 2.05) is 13.8 Å². The number of hydrogen-bond donors (Lipinski definition) is 2. The maximum Gasteiger partial charge on any atom is 0.332 e. The summed E-state index contributed by atoms with van der Waals surface area (Å²) < 4.78 is 5.28. The van der Waals surface area contributed by atoms with Crippen LogP contribution in [0.3, 0.4) is 0 Å². The van der Waals surface area contributed by atoms with E-state index in [4.69, 9.17) is 9.84 Å². The van der Waals surface area contributed by atoms with Gasteiger partial charge in [-0.05, 0) is 26.7 Å². The number of carboxylic acids is 1. The predicted octanol–water partition coefficient (Wildman–Crippen LogP) is 0.668. The Kier molecular flexibility index (Phi) is 4.74. The molecule has 98 valence electrons. The molecule has 0 aromatic carbocycles. The average molecular weight is 244 g/mol. The summed E-state index contributed by atoms with van der Waals surface area (Å²) in [4.78, 5) is 23.8. The normalized spacial score (nSPS) is 23.8. The molecule has 6 nitrogen and oxygen atoms in total. The van der Waals surface area contributed by atoms with Crippen molar-refractivity contribution in [1.82, 2.24) is 10.2 Å². The minimum absolute atomic E-state index is 0.131. The fourth-order valence-electron chi connectivity index (χ4n) is 1.60. The zero-order valence-electron chi connectivity index (χ0n) is 10.5. The molecule has 1 rings (SSSR count). The molecule has 0 saturated carbocycles. The molecule has 0 aromatic rings. The van der Waals surface area contributed by atoms with E-state index in [0.717, 1.165) is 0 Å². The Balaban J connectivity index is 2.28. The van der Waals surface area contributed by atoms with E-state index >= 15 is 0 Å². The molecule has 0 bridgehead atoms. The van der Waals surface area contributed by atoms with Gasteiger partial charge < -0.3 is 20.1 Å². The van der Waals surface area contributed by atoms with E-state index in [1.165, 1.54) is 0 Å². The first kappa shape index (κ1) is 13.8. The molecule has 0 aliphatic carbocycles. The summed E-state index contributed by atoms with van der Waals surface area (Å²) in [5, 5.41) is 11.5. The first-order valence-electron chi connectivity index (χ1n) is 5.80. The average Bonchev–Trinajstić information content (AvgIpc) is 2.73. The molecular formula is C11H20N2O4. The number of nitrogens with one attached hydrogen (secondary N) is 1. The van der Waals surface area contributed by atoms with Crippen LogP contribution in [0.15, 0.2) is 0 Å². The van der Waals surface area contributed by atoms with Gasteiger partial charge in [0.2, 0.25) is 0 Å². The van der Waals surface area contributed by atoms with Crippen LogP contribution in [0.5, 0.6) is 0 Å². The molecule has 1 fully saturated rings. The summed E-state index contributed by atoms with van der Waals surface area (Å²) in [6, 6.07) is -0.0337. The van der Waals surface area contributed by atoms with Crippen molar-refractivity contribution in [2.45, 2.75) is 44.9 Å². The van der Waals surface area contributed by atoms with Gasteiger partial charge in [-0.25, -0.2) is 9.59 Å². The van der Waals surface area contributed by atoms with Crippen LogP contribution in [0, 0.1) is 0 Å². The van der Waals surface area contributed by atoms with Gasteiger partial charge >= 0.3 is 12.0 Å². The SMILES string of the molecule is CC(C)N(C)C(=O)NCC1CCC(C(=O)O)O1. The van der Waals surface area contributed by atoms with Crippen LogP contribution in [-0.2, 0) is 9.53 Å². The molecule has 0 aromatic heterocycles. The number of carbonyl (C=O) groups is 2. The lowest BCUT2D eigenvalue weighted by Gasteiger charge is -2.22. The van der Waals surface area contributed by atoms with Crippen LogP contribution in [0.25, 0.3) is 0 Å². The number of rotatable bonds is 4. The van der Waals surface area contributed by atoms with Crippen molar-refractivity contribution in [3.05, 3.63) is 0 Å². The topological polar surface area (TPSA) is 78.9 Å². The summed E-state index contributed by atoms with van der Waals surface area (Å²) in [5.41, 5.74) is 0. The fraction of sp³-hybridized carbons (Fsp3) is 0.818. The van der Waals surface area contributed by atoms with Crippen molar-refractivity contribution in [3.8, 4) is 0 Å². The lowest BCUT2D eigenvalue weighted by atomic mass is 10.2. The van der Waals surface area contributed by atoms with Crippen LogP contribution >= 0.6 is 0 Å². The minimum atomic E-state index is -0.932. The fourth-order valence-corrected chi connectivity index (χ4v) is 1.60. The monoisotopic (exact) mass is 244 g/mol. The highest BCUT2D eigenvalue weighted by Gasteiger charge is 2.30. The number of amides is 2. The molecule has 2 amide bonds. The number of ether oxygens (including phenoxy) is 1. The van der Waals surface area contributed by atoms with Crippen molar-refractivity contribution in [2.75, 3.05) is 13.6 Å². The van der Waals surface area contributed by atoms with Gasteiger partial charge in [-0.15, -0.1) is 0 Å². The van der Waals surface area contributed by atoms with E-state index in [1.54, 1.807) is 11.9 Å².